The molecule has 15 heavy (non-hydrogen) atoms. The molecule has 0 aliphatic heterocycles. The van der Waals surface area contributed by atoms with Gasteiger partial charge in [-0.15, -0.1) is 0 Å². The maximum absolute atomic E-state index is 11.1. The molecule has 0 saturated carbocycles. The number of aromatic nitrogens is 2. The van der Waals surface area contributed by atoms with Crippen LogP contribution in [0.15, 0.2) is 16.0 Å². The molecular formula is C10H16N2O2S. The van der Waals surface area contributed by atoms with Gasteiger partial charge in [-0.2, -0.15) is 0 Å². The molecule has 2 N–H and O–H groups in total. The van der Waals surface area contributed by atoms with E-state index in [2.05, 4.69) is 9.97 Å². The minimum Gasteiger partial charge on any atom is -0.389 e. The van der Waals surface area contributed by atoms with Crippen LogP contribution in [0.25, 0.3) is 0 Å². The van der Waals surface area contributed by atoms with Crippen molar-refractivity contribution in [2.45, 2.75) is 37.9 Å². The molecule has 84 valence electrons. The van der Waals surface area contributed by atoms with Crippen molar-refractivity contribution >= 4 is 11.8 Å². The van der Waals surface area contributed by atoms with Gasteiger partial charge in [-0.1, -0.05) is 18.7 Å². The maximum Gasteiger partial charge on any atom is 0.251 e. The Hall–Kier alpha value is -0.810. The molecule has 0 aromatic carbocycles. The summed E-state index contributed by atoms with van der Waals surface area (Å²) in [6, 6.07) is 1.45. The van der Waals surface area contributed by atoms with Crippen LogP contribution in [-0.2, 0) is 0 Å². The predicted octanol–water partition coefficient (Wildman–Crippen LogP) is 1.33. The lowest BCUT2D eigenvalue weighted by atomic mass is 10.1. The molecule has 4 nitrogen and oxygen atoms in total. The summed E-state index contributed by atoms with van der Waals surface area (Å²) in [4.78, 5) is 17.9. The molecular weight excluding hydrogens is 212 g/mol. The first-order chi connectivity index (χ1) is 6.93. The fourth-order valence-corrected chi connectivity index (χ4v) is 1.98. The van der Waals surface area contributed by atoms with E-state index < -0.39 is 5.60 Å². The Balaban J connectivity index is 2.70. The highest BCUT2D eigenvalue weighted by Gasteiger charge is 2.18. The fraction of sp³-hybridized carbons (Fsp3) is 0.600. The Kier molecular flexibility index (Phi) is 3.93. The van der Waals surface area contributed by atoms with Crippen LogP contribution < -0.4 is 5.56 Å². The zero-order valence-electron chi connectivity index (χ0n) is 9.20. The molecule has 0 aliphatic rings. The Morgan fingerprint density at radius 2 is 2.33 bits per heavy atom. The van der Waals surface area contributed by atoms with Crippen molar-refractivity contribution in [1.29, 1.82) is 0 Å². The highest BCUT2D eigenvalue weighted by atomic mass is 32.2. The summed E-state index contributed by atoms with van der Waals surface area (Å²) in [6.07, 6.45) is 0.677. The van der Waals surface area contributed by atoms with Gasteiger partial charge in [0.1, 0.15) is 0 Å². The molecule has 0 amide bonds. The van der Waals surface area contributed by atoms with Crippen molar-refractivity contribution in [3.8, 4) is 0 Å². The van der Waals surface area contributed by atoms with E-state index in [1.807, 2.05) is 6.92 Å². The second kappa shape index (κ2) is 4.81. The summed E-state index contributed by atoms with van der Waals surface area (Å²) in [5, 5.41) is 10.3. The Morgan fingerprint density at radius 1 is 1.67 bits per heavy atom. The summed E-state index contributed by atoms with van der Waals surface area (Å²) < 4.78 is 0. The van der Waals surface area contributed by atoms with Crippen molar-refractivity contribution in [3.05, 3.63) is 22.1 Å². The Morgan fingerprint density at radius 3 is 2.87 bits per heavy atom. The number of aromatic amines is 1. The van der Waals surface area contributed by atoms with E-state index in [0.717, 1.165) is 0 Å². The Bertz CT molecular complexity index is 387. The number of nitrogens with zero attached hydrogens (tertiary/aromatic N) is 1. The molecule has 0 fully saturated rings. The lowest BCUT2D eigenvalue weighted by Crippen LogP contribution is -2.26. The minimum atomic E-state index is -0.715. The quantitative estimate of drug-likeness (QED) is 0.602. The summed E-state index contributed by atoms with van der Waals surface area (Å²) in [5.41, 5.74) is -0.175. The number of hydrogen-bond donors (Lipinski definition) is 2. The van der Waals surface area contributed by atoms with Crippen LogP contribution in [0.5, 0.6) is 0 Å². The summed E-state index contributed by atoms with van der Waals surface area (Å²) >= 11 is 1.36. The van der Waals surface area contributed by atoms with E-state index in [1.165, 1.54) is 17.8 Å². The third-order valence-electron chi connectivity index (χ3n) is 2.13. The summed E-state index contributed by atoms with van der Waals surface area (Å²) in [7, 11) is 0. The average Bonchev–Trinajstić information content (AvgIpc) is 2.14. The maximum atomic E-state index is 11.1. The lowest BCUT2D eigenvalue weighted by Gasteiger charge is -2.19. The third-order valence-corrected chi connectivity index (χ3v) is 3.36. The zero-order valence-corrected chi connectivity index (χ0v) is 10.0. The monoisotopic (exact) mass is 228 g/mol. The number of hydrogen-bond acceptors (Lipinski definition) is 4. The second-order valence-corrected chi connectivity index (χ2v) is 4.80. The van der Waals surface area contributed by atoms with E-state index in [9.17, 15) is 9.90 Å². The van der Waals surface area contributed by atoms with Gasteiger partial charge in [0.15, 0.2) is 5.16 Å². The van der Waals surface area contributed by atoms with Gasteiger partial charge in [-0.05, 0) is 20.3 Å². The van der Waals surface area contributed by atoms with Gasteiger partial charge < -0.3 is 10.1 Å². The first-order valence-electron chi connectivity index (χ1n) is 4.86. The van der Waals surface area contributed by atoms with Crippen LogP contribution in [-0.4, -0.2) is 26.4 Å². The molecule has 0 bridgehead atoms. The van der Waals surface area contributed by atoms with Crippen LogP contribution in [0.3, 0.4) is 0 Å². The van der Waals surface area contributed by atoms with E-state index >= 15 is 0 Å². The van der Waals surface area contributed by atoms with Crippen LogP contribution in [0.1, 0.15) is 26.0 Å². The molecule has 5 heteroatoms. The number of H-pyrrole nitrogens is 1. The predicted molar refractivity (Wildman–Crippen MR) is 61.2 cm³/mol. The average molecular weight is 228 g/mol. The largest absolute Gasteiger partial charge is 0.389 e. The number of thioether (sulfide) groups is 1. The van der Waals surface area contributed by atoms with Gasteiger partial charge in [-0.25, -0.2) is 4.98 Å². The molecule has 1 atom stereocenters. The molecule has 0 saturated heterocycles. The standard InChI is InChI=1S/C10H16N2O2S/c1-4-10(3,14)6-15-9-11-7(2)5-8(13)12-9/h5,14H,4,6H2,1-3H3,(H,11,12,13). The van der Waals surface area contributed by atoms with Gasteiger partial charge in [0.25, 0.3) is 5.56 Å². The Labute approximate surface area is 93.1 Å². The molecule has 1 heterocycles. The molecule has 0 radical (unpaired) electrons. The van der Waals surface area contributed by atoms with Crippen molar-refractivity contribution in [3.63, 3.8) is 0 Å². The molecule has 1 unspecified atom stereocenters. The van der Waals surface area contributed by atoms with Gasteiger partial charge in [-0.3, -0.25) is 4.79 Å². The van der Waals surface area contributed by atoms with E-state index in [4.69, 9.17) is 0 Å². The molecule has 0 spiro atoms. The minimum absolute atomic E-state index is 0.152. The number of aryl methyl sites for hydroxylation is 1. The second-order valence-electron chi connectivity index (χ2n) is 3.83. The lowest BCUT2D eigenvalue weighted by molar-refractivity contribution is 0.0815. The zero-order chi connectivity index (χ0) is 11.5. The highest BCUT2D eigenvalue weighted by Crippen LogP contribution is 2.20. The normalized spacial score (nSPS) is 14.9. The summed E-state index contributed by atoms with van der Waals surface area (Å²) in [6.45, 7) is 5.47. The van der Waals surface area contributed by atoms with Gasteiger partial charge >= 0.3 is 0 Å². The summed E-state index contributed by atoms with van der Waals surface area (Å²) in [5.74, 6) is 0.524. The van der Waals surface area contributed by atoms with Crippen molar-refractivity contribution in [2.24, 2.45) is 0 Å². The number of nitrogens with one attached hydrogen (secondary N) is 1. The van der Waals surface area contributed by atoms with Crippen LogP contribution >= 0.6 is 11.8 Å². The molecule has 1 aromatic heterocycles. The fourth-order valence-electron chi connectivity index (χ4n) is 0.946. The van der Waals surface area contributed by atoms with Crippen molar-refractivity contribution in [1.82, 2.24) is 9.97 Å². The number of rotatable bonds is 4. The van der Waals surface area contributed by atoms with Crippen molar-refractivity contribution < 1.29 is 5.11 Å². The first kappa shape index (κ1) is 12.3. The SMILES string of the molecule is CCC(C)(O)CSc1nc(C)cc(=O)[nH]1. The molecule has 0 aliphatic carbocycles. The third kappa shape index (κ3) is 4.05. The van der Waals surface area contributed by atoms with Crippen molar-refractivity contribution in [2.75, 3.05) is 5.75 Å². The van der Waals surface area contributed by atoms with E-state index in [-0.39, 0.29) is 5.56 Å². The number of aliphatic hydroxyl groups is 1. The highest BCUT2D eigenvalue weighted by molar-refractivity contribution is 7.99. The van der Waals surface area contributed by atoms with Crippen LogP contribution in [0.2, 0.25) is 0 Å². The van der Waals surface area contributed by atoms with Gasteiger partial charge in [0.05, 0.1) is 5.60 Å². The van der Waals surface area contributed by atoms with Gasteiger partial charge in [0.2, 0.25) is 0 Å². The van der Waals surface area contributed by atoms with E-state index in [0.29, 0.717) is 23.0 Å². The smallest absolute Gasteiger partial charge is 0.251 e. The molecule has 1 aromatic rings. The van der Waals surface area contributed by atoms with Crippen LogP contribution in [0.4, 0.5) is 0 Å². The van der Waals surface area contributed by atoms with Gasteiger partial charge in [0, 0.05) is 17.5 Å². The first-order valence-corrected chi connectivity index (χ1v) is 5.84. The van der Waals surface area contributed by atoms with Crippen LogP contribution in [0, 0.1) is 6.92 Å². The topological polar surface area (TPSA) is 66.0 Å². The van der Waals surface area contributed by atoms with E-state index in [1.54, 1.807) is 13.8 Å². The molecule has 1 rings (SSSR count).